The van der Waals surface area contributed by atoms with Gasteiger partial charge in [0.1, 0.15) is 0 Å². The van der Waals surface area contributed by atoms with Crippen molar-refractivity contribution in [2.24, 2.45) is 0 Å². The van der Waals surface area contributed by atoms with Gasteiger partial charge in [-0.3, -0.25) is 0 Å². The zero-order valence-corrected chi connectivity index (χ0v) is 12.5. The van der Waals surface area contributed by atoms with Gasteiger partial charge in [-0.2, -0.15) is 0 Å². The molecular formula is C8H2Cl6O4. The summed E-state index contributed by atoms with van der Waals surface area (Å²) in [5, 5.41) is 15.8. The minimum Gasteiger partial charge on any atom is -0.480 e. The Kier molecular flexibility index (Phi) is 4.44. The number of rotatable bonds is 2. The molecule has 2 N–H and O–H groups in total. The lowest BCUT2D eigenvalue weighted by Crippen LogP contribution is -2.59. The van der Waals surface area contributed by atoms with Crippen molar-refractivity contribution in [3.63, 3.8) is 0 Å². The molecule has 18 heavy (non-hydrogen) atoms. The highest BCUT2D eigenvalue weighted by atomic mass is 35.5. The summed E-state index contributed by atoms with van der Waals surface area (Å²) in [5.74, 6) is -3.65. The van der Waals surface area contributed by atoms with Crippen LogP contribution in [0.25, 0.3) is 0 Å². The average Bonchev–Trinajstić information content (AvgIpc) is 2.30. The predicted molar refractivity (Wildman–Crippen MR) is 69.9 cm³/mol. The van der Waals surface area contributed by atoms with E-state index in [2.05, 4.69) is 0 Å². The standard InChI is InChI=1S/C8H2Cl6O4/c9-1-2(10)4(12)8(14,6(17)18)7(13,3(1)11)5(15)16/h(H,15,16)(H,17,18). The minimum atomic E-state index is -2.77. The Morgan fingerprint density at radius 2 is 1.00 bits per heavy atom. The van der Waals surface area contributed by atoms with Crippen molar-refractivity contribution in [1.29, 1.82) is 0 Å². The Hall–Kier alpha value is 0.160. The van der Waals surface area contributed by atoms with Gasteiger partial charge in [-0.1, -0.05) is 69.6 Å². The molecule has 2 unspecified atom stereocenters. The summed E-state index contributed by atoms with van der Waals surface area (Å²) in [4.78, 5) is 16.9. The molecule has 1 aliphatic rings. The molecule has 4 nitrogen and oxygen atoms in total. The maximum absolute atomic E-state index is 11.2. The highest BCUT2D eigenvalue weighted by Gasteiger charge is 2.67. The van der Waals surface area contributed by atoms with Gasteiger partial charge in [0.25, 0.3) is 0 Å². The van der Waals surface area contributed by atoms with E-state index in [0.29, 0.717) is 0 Å². The van der Waals surface area contributed by atoms with Crippen molar-refractivity contribution < 1.29 is 19.8 Å². The van der Waals surface area contributed by atoms with E-state index in [-0.39, 0.29) is 0 Å². The van der Waals surface area contributed by atoms with E-state index in [9.17, 15) is 9.59 Å². The minimum absolute atomic E-state index is 0.474. The van der Waals surface area contributed by atoms with Crippen molar-refractivity contribution in [3.05, 3.63) is 20.1 Å². The fraction of sp³-hybridized carbons (Fsp3) is 0.250. The first kappa shape index (κ1) is 16.2. The number of aliphatic carboxylic acids is 2. The van der Waals surface area contributed by atoms with Crippen LogP contribution in [0.3, 0.4) is 0 Å². The van der Waals surface area contributed by atoms with Crippen LogP contribution < -0.4 is 0 Å². The van der Waals surface area contributed by atoms with Gasteiger partial charge in [-0.25, -0.2) is 9.59 Å². The Balaban J connectivity index is 3.80. The van der Waals surface area contributed by atoms with Gasteiger partial charge in [0.05, 0.1) is 20.1 Å². The summed E-state index contributed by atoms with van der Waals surface area (Å²) in [5.41, 5.74) is 0. The molecule has 1 aliphatic carbocycles. The van der Waals surface area contributed by atoms with Crippen molar-refractivity contribution in [2.45, 2.75) is 9.75 Å². The Labute approximate surface area is 131 Å². The Morgan fingerprint density at radius 3 is 1.17 bits per heavy atom. The van der Waals surface area contributed by atoms with Gasteiger partial charge < -0.3 is 10.2 Å². The van der Waals surface area contributed by atoms with E-state index in [0.717, 1.165) is 0 Å². The van der Waals surface area contributed by atoms with Crippen LogP contribution >= 0.6 is 69.6 Å². The zero-order valence-electron chi connectivity index (χ0n) is 7.98. The molecule has 2 atom stereocenters. The summed E-state index contributed by atoms with van der Waals surface area (Å²) in [6, 6.07) is 0. The fourth-order valence-electron chi connectivity index (χ4n) is 1.28. The SMILES string of the molecule is O=C(O)C1(Cl)C(Cl)=C(Cl)C(Cl)=C(Cl)C1(Cl)C(=O)O. The number of carboxylic acid groups (broad SMARTS) is 2. The van der Waals surface area contributed by atoms with Gasteiger partial charge in [-0.15, -0.1) is 0 Å². The highest BCUT2D eigenvalue weighted by Crippen LogP contribution is 2.56. The molecule has 0 aromatic rings. The van der Waals surface area contributed by atoms with Crippen molar-refractivity contribution >= 4 is 81.5 Å². The molecule has 100 valence electrons. The lowest BCUT2D eigenvalue weighted by atomic mass is 9.85. The summed E-state index contributed by atoms with van der Waals surface area (Å²) in [6.07, 6.45) is 0. The predicted octanol–water partition coefficient (Wildman–Crippen LogP) is 3.50. The molecule has 10 heteroatoms. The van der Waals surface area contributed by atoms with Crippen LogP contribution in [0, 0.1) is 0 Å². The number of alkyl halides is 2. The van der Waals surface area contributed by atoms with E-state index >= 15 is 0 Å². The molecule has 1 rings (SSSR count). The zero-order chi connectivity index (χ0) is 14.5. The summed E-state index contributed by atoms with van der Waals surface area (Å²) >= 11 is 34.1. The normalized spacial score (nSPS) is 32.8. The average molecular weight is 375 g/mol. The number of hydrogen-bond donors (Lipinski definition) is 2. The third kappa shape index (κ3) is 1.82. The van der Waals surface area contributed by atoms with Crippen molar-refractivity contribution in [1.82, 2.24) is 0 Å². The molecule has 0 radical (unpaired) electrons. The molecule has 0 aromatic heterocycles. The largest absolute Gasteiger partial charge is 0.480 e. The van der Waals surface area contributed by atoms with Gasteiger partial charge in [0.15, 0.2) is 0 Å². The molecule has 0 aliphatic heterocycles. The molecule has 0 aromatic carbocycles. The van der Waals surface area contributed by atoms with Crippen LogP contribution in [0.15, 0.2) is 20.1 Å². The first-order chi connectivity index (χ1) is 8.02. The third-order valence-corrected chi connectivity index (χ3v) is 5.80. The van der Waals surface area contributed by atoms with Gasteiger partial charge in [0, 0.05) is 0 Å². The van der Waals surface area contributed by atoms with Gasteiger partial charge >= 0.3 is 11.9 Å². The highest BCUT2D eigenvalue weighted by molar-refractivity contribution is 6.63. The Bertz CT molecular complexity index is 466. The Morgan fingerprint density at radius 1 is 0.778 bits per heavy atom. The molecular weight excluding hydrogens is 373 g/mol. The molecule has 0 amide bonds. The van der Waals surface area contributed by atoms with Gasteiger partial charge in [-0.05, 0) is 0 Å². The van der Waals surface area contributed by atoms with E-state index < -0.39 is 41.8 Å². The molecule has 0 fully saturated rings. The van der Waals surface area contributed by atoms with Crippen LogP contribution in [0.1, 0.15) is 0 Å². The van der Waals surface area contributed by atoms with Crippen LogP contribution in [0.5, 0.6) is 0 Å². The van der Waals surface area contributed by atoms with Crippen molar-refractivity contribution in [3.8, 4) is 0 Å². The van der Waals surface area contributed by atoms with E-state index in [1.165, 1.54) is 0 Å². The first-order valence-corrected chi connectivity index (χ1v) is 6.26. The van der Waals surface area contributed by atoms with Crippen LogP contribution in [0.4, 0.5) is 0 Å². The smallest absolute Gasteiger partial charge is 0.333 e. The van der Waals surface area contributed by atoms with Crippen LogP contribution in [0.2, 0.25) is 0 Å². The summed E-state index contributed by atoms with van der Waals surface area (Å²) in [6.45, 7) is 0. The second kappa shape index (κ2) is 4.93. The second-order valence-corrected chi connectivity index (χ2v) is 5.83. The number of hydrogen-bond acceptors (Lipinski definition) is 2. The monoisotopic (exact) mass is 372 g/mol. The van der Waals surface area contributed by atoms with Crippen molar-refractivity contribution in [2.75, 3.05) is 0 Å². The number of carbonyl (C=O) groups is 2. The van der Waals surface area contributed by atoms with E-state index in [1.54, 1.807) is 0 Å². The number of halogens is 6. The number of allylic oxidation sites excluding steroid dienone is 2. The molecule has 0 saturated carbocycles. The lowest BCUT2D eigenvalue weighted by molar-refractivity contribution is -0.147. The summed E-state index contributed by atoms with van der Waals surface area (Å²) < 4.78 is 0. The maximum Gasteiger partial charge on any atom is 0.333 e. The van der Waals surface area contributed by atoms with E-state index in [4.69, 9.17) is 79.8 Å². The fourth-order valence-corrected chi connectivity index (χ4v) is 3.22. The summed E-state index contributed by atoms with van der Waals surface area (Å²) in [7, 11) is 0. The van der Waals surface area contributed by atoms with E-state index in [1.807, 2.05) is 0 Å². The van der Waals surface area contributed by atoms with Crippen LogP contribution in [-0.2, 0) is 9.59 Å². The van der Waals surface area contributed by atoms with Gasteiger partial charge in [0.2, 0.25) is 9.75 Å². The molecule has 0 heterocycles. The second-order valence-electron chi connectivity index (χ2n) is 3.18. The maximum atomic E-state index is 11.2. The van der Waals surface area contributed by atoms with Crippen LogP contribution in [-0.4, -0.2) is 31.9 Å². The first-order valence-electron chi connectivity index (χ1n) is 3.99. The molecule has 0 bridgehead atoms. The molecule has 0 saturated heterocycles. The number of carboxylic acids is 2. The lowest BCUT2D eigenvalue weighted by Gasteiger charge is -2.38. The quantitative estimate of drug-likeness (QED) is 0.725. The third-order valence-electron chi connectivity index (χ3n) is 2.25. The molecule has 0 spiro atoms. The topological polar surface area (TPSA) is 74.6 Å².